The first-order valence-electron chi connectivity index (χ1n) is 7.71. The van der Waals surface area contributed by atoms with Crippen molar-refractivity contribution in [2.75, 3.05) is 12.3 Å². The summed E-state index contributed by atoms with van der Waals surface area (Å²) in [6, 6.07) is 4.54. The molecule has 0 amide bonds. The molecule has 0 aromatic carbocycles. The number of aryl methyl sites for hydroxylation is 2. The molecule has 1 saturated carbocycles. The Labute approximate surface area is 131 Å². The summed E-state index contributed by atoms with van der Waals surface area (Å²) in [6.45, 7) is 6.94. The second kappa shape index (κ2) is 7.24. The van der Waals surface area contributed by atoms with E-state index in [4.69, 9.17) is 0 Å². The van der Waals surface area contributed by atoms with E-state index in [9.17, 15) is 5.26 Å². The molecule has 1 aliphatic rings. The van der Waals surface area contributed by atoms with Crippen molar-refractivity contribution in [1.82, 2.24) is 15.3 Å². The van der Waals surface area contributed by atoms with Crippen LogP contribution in [0.2, 0.25) is 0 Å². The summed E-state index contributed by atoms with van der Waals surface area (Å²) in [4.78, 5) is 8.92. The van der Waals surface area contributed by atoms with Gasteiger partial charge in [-0.3, -0.25) is 5.32 Å². The minimum absolute atomic E-state index is 0.307. The molecule has 1 aliphatic carbocycles. The predicted molar refractivity (Wildman–Crippen MR) is 86.2 cm³/mol. The monoisotopic (exact) mass is 304 g/mol. The van der Waals surface area contributed by atoms with Crippen LogP contribution in [0.15, 0.2) is 11.2 Å². The summed E-state index contributed by atoms with van der Waals surface area (Å²) >= 11 is 1.71. The predicted octanol–water partition coefficient (Wildman–Crippen LogP) is 3.25. The highest BCUT2D eigenvalue weighted by molar-refractivity contribution is 7.99. The van der Waals surface area contributed by atoms with Crippen molar-refractivity contribution in [2.45, 2.75) is 57.1 Å². The molecule has 0 spiro atoms. The summed E-state index contributed by atoms with van der Waals surface area (Å²) in [7, 11) is 0. The molecule has 5 heteroatoms. The Kier molecular flexibility index (Phi) is 5.60. The minimum atomic E-state index is -0.307. The number of aromatic nitrogens is 2. The first-order chi connectivity index (χ1) is 10.1. The van der Waals surface area contributed by atoms with Gasteiger partial charge in [-0.25, -0.2) is 9.97 Å². The Morgan fingerprint density at radius 2 is 2.14 bits per heavy atom. The van der Waals surface area contributed by atoms with Crippen LogP contribution >= 0.6 is 11.8 Å². The van der Waals surface area contributed by atoms with Crippen molar-refractivity contribution in [1.29, 1.82) is 5.26 Å². The molecule has 1 aromatic heterocycles. The quantitative estimate of drug-likeness (QED) is 0.645. The molecule has 2 unspecified atom stereocenters. The smallest absolute Gasteiger partial charge is 0.187 e. The van der Waals surface area contributed by atoms with E-state index in [0.29, 0.717) is 5.92 Å². The first-order valence-corrected chi connectivity index (χ1v) is 8.69. The third kappa shape index (κ3) is 3.96. The van der Waals surface area contributed by atoms with Crippen molar-refractivity contribution >= 4 is 11.8 Å². The average molecular weight is 304 g/mol. The number of hydrogen-bond donors (Lipinski definition) is 1. The Bertz CT molecular complexity index is 505. The molecule has 2 atom stereocenters. The fourth-order valence-corrected chi connectivity index (χ4v) is 4.26. The van der Waals surface area contributed by atoms with Crippen LogP contribution in [0.4, 0.5) is 0 Å². The number of rotatable bonds is 6. The zero-order chi connectivity index (χ0) is 15.3. The van der Waals surface area contributed by atoms with Crippen LogP contribution in [-0.2, 0) is 0 Å². The molecule has 1 N–H and O–H groups in total. The van der Waals surface area contributed by atoms with Gasteiger partial charge < -0.3 is 0 Å². The van der Waals surface area contributed by atoms with E-state index in [0.717, 1.165) is 54.5 Å². The summed E-state index contributed by atoms with van der Waals surface area (Å²) in [5, 5.41) is 13.8. The second-order valence-corrected chi connectivity index (χ2v) is 6.84. The number of thioether (sulfide) groups is 1. The third-order valence-corrected chi connectivity index (χ3v) is 5.05. The van der Waals surface area contributed by atoms with Gasteiger partial charge in [0.1, 0.15) is 5.54 Å². The highest BCUT2D eigenvalue weighted by atomic mass is 32.2. The lowest BCUT2D eigenvalue weighted by atomic mass is 9.86. The van der Waals surface area contributed by atoms with Gasteiger partial charge in [0, 0.05) is 17.1 Å². The Morgan fingerprint density at radius 3 is 2.76 bits per heavy atom. The van der Waals surface area contributed by atoms with E-state index in [-0.39, 0.29) is 5.54 Å². The van der Waals surface area contributed by atoms with Gasteiger partial charge in [0.2, 0.25) is 0 Å². The summed E-state index contributed by atoms with van der Waals surface area (Å²) in [6.07, 6.45) is 4.32. The van der Waals surface area contributed by atoms with Crippen LogP contribution in [0.3, 0.4) is 0 Å². The average Bonchev–Trinajstić information content (AvgIpc) is 2.82. The van der Waals surface area contributed by atoms with E-state index in [1.807, 2.05) is 19.9 Å². The number of nitriles is 1. The fraction of sp³-hybridized carbons (Fsp3) is 0.688. The lowest BCUT2D eigenvalue weighted by Gasteiger charge is -2.29. The number of nitrogens with one attached hydrogen (secondary N) is 1. The van der Waals surface area contributed by atoms with Gasteiger partial charge in [0.05, 0.1) is 6.07 Å². The van der Waals surface area contributed by atoms with Gasteiger partial charge in [0.25, 0.3) is 0 Å². The lowest BCUT2D eigenvalue weighted by Crippen LogP contribution is -2.47. The first kappa shape index (κ1) is 16.3. The molecule has 114 valence electrons. The molecule has 2 rings (SSSR count). The third-order valence-electron chi connectivity index (χ3n) is 4.17. The van der Waals surface area contributed by atoms with Crippen LogP contribution < -0.4 is 5.32 Å². The molecule has 21 heavy (non-hydrogen) atoms. The molecule has 1 heterocycles. The Morgan fingerprint density at radius 1 is 1.43 bits per heavy atom. The molecule has 4 nitrogen and oxygen atoms in total. The van der Waals surface area contributed by atoms with E-state index in [2.05, 4.69) is 28.3 Å². The summed E-state index contributed by atoms with van der Waals surface area (Å²) in [5.41, 5.74) is 1.73. The topological polar surface area (TPSA) is 61.6 Å². The molecule has 0 aliphatic heterocycles. The van der Waals surface area contributed by atoms with Crippen LogP contribution in [0.1, 0.15) is 44.0 Å². The van der Waals surface area contributed by atoms with Gasteiger partial charge in [-0.15, -0.1) is 0 Å². The van der Waals surface area contributed by atoms with Crippen molar-refractivity contribution in [2.24, 2.45) is 5.92 Å². The molecular formula is C16H24N4S. The van der Waals surface area contributed by atoms with Gasteiger partial charge in [-0.05, 0) is 51.6 Å². The van der Waals surface area contributed by atoms with E-state index >= 15 is 0 Å². The largest absolute Gasteiger partial charge is 0.299 e. The highest BCUT2D eigenvalue weighted by Crippen LogP contribution is 2.38. The van der Waals surface area contributed by atoms with Crippen LogP contribution in [0.5, 0.6) is 0 Å². The van der Waals surface area contributed by atoms with Crippen LogP contribution in [-0.4, -0.2) is 27.8 Å². The number of hydrogen-bond acceptors (Lipinski definition) is 5. The maximum Gasteiger partial charge on any atom is 0.187 e. The van der Waals surface area contributed by atoms with E-state index < -0.39 is 0 Å². The normalized spacial score (nSPS) is 25.0. The second-order valence-electron chi connectivity index (χ2n) is 5.77. The van der Waals surface area contributed by atoms with Crippen molar-refractivity contribution in [3.8, 4) is 6.07 Å². The van der Waals surface area contributed by atoms with Crippen LogP contribution in [0.25, 0.3) is 0 Å². The number of nitrogens with zero attached hydrogens (tertiary/aromatic N) is 3. The molecule has 1 fully saturated rings. The van der Waals surface area contributed by atoms with Gasteiger partial charge >= 0.3 is 0 Å². The van der Waals surface area contributed by atoms with Crippen molar-refractivity contribution < 1.29 is 0 Å². The highest BCUT2D eigenvalue weighted by Gasteiger charge is 2.42. The van der Waals surface area contributed by atoms with Crippen LogP contribution in [0, 0.1) is 31.1 Å². The maximum atomic E-state index is 9.56. The summed E-state index contributed by atoms with van der Waals surface area (Å²) in [5.74, 6) is 1.42. The maximum absolute atomic E-state index is 9.56. The van der Waals surface area contributed by atoms with Gasteiger partial charge in [0.15, 0.2) is 5.16 Å². The molecule has 0 bridgehead atoms. The van der Waals surface area contributed by atoms with E-state index in [1.165, 1.54) is 0 Å². The molecule has 1 aromatic rings. The van der Waals surface area contributed by atoms with Gasteiger partial charge in [-0.2, -0.15) is 5.26 Å². The SMILES string of the molecule is CCNC1(C#N)CCCC1CCSc1nc(C)cc(C)n1. The van der Waals surface area contributed by atoms with Crippen molar-refractivity contribution in [3.05, 3.63) is 17.5 Å². The summed E-state index contributed by atoms with van der Waals surface area (Å²) < 4.78 is 0. The standard InChI is InChI=1S/C16H24N4S/c1-4-18-16(11-17)8-5-6-14(16)7-9-21-15-19-12(2)10-13(3)20-15/h10,14,18H,4-9H2,1-3H3. The fourth-order valence-electron chi connectivity index (χ4n) is 3.25. The molecule has 0 radical (unpaired) electrons. The van der Waals surface area contributed by atoms with Crippen molar-refractivity contribution in [3.63, 3.8) is 0 Å². The molecule has 0 saturated heterocycles. The minimum Gasteiger partial charge on any atom is -0.299 e. The van der Waals surface area contributed by atoms with Gasteiger partial charge in [-0.1, -0.05) is 25.1 Å². The Hall–Kier alpha value is -1.12. The zero-order valence-electron chi connectivity index (χ0n) is 13.1. The Balaban J connectivity index is 1.92. The zero-order valence-corrected chi connectivity index (χ0v) is 14.0. The van der Waals surface area contributed by atoms with E-state index in [1.54, 1.807) is 11.8 Å². The molecular weight excluding hydrogens is 280 g/mol. The lowest BCUT2D eigenvalue weighted by molar-refractivity contribution is 0.317.